The third-order valence-corrected chi connectivity index (χ3v) is 5.96. The number of alkyl halides is 3. The Balaban J connectivity index is 1.80. The number of amides is 1. The fourth-order valence-corrected chi connectivity index (χ4v) is 4.16. The number of aromatic amines is 1. The quantitative estimate of drug-likeness (QED) is 0.467. The number of nitrogens with one attached hydrogen (secondary N) is 2. The fourth-order valence-electron chi connectivity index (χ4n) is 3.87. The summed E-state index contributed by atoms with van der Waals surface area (Å²) in [4.78, 5) is 25.2. The highest BCUT2D eigenvalue weighted by Crippen LogP contribution is 2.38. The van der Waals surface area contributed by atoms with E-state index in [-0.39, 0.29) is 10.6 Å². The zero-order valence-electron chi connectivity index (χ0n) is 18.0. The monoisotopic (exact) mass is 516 g/mol. The number of carbonyl (C=O) groups excluding carboxylic acids is 1. The molecule has 4 rings (SSSR count). The van der Waals surface area contributed by atoms with Crippen LogP contribution in [0.4, 0.5) is 27.6 Å². The van der Waals surface area contributed by atoms with E-state index in [1.807, 2.05) is 5.32 Å². The standard InChI is InChI=1S/C22H18ClF5N4O3/c1-10(22(26,27)28)35-17-9-11(16-6-3-7-18-30-31-21(34)32(16)18)13(23)8-12(17)20(33)29-19-14(24)4-2-5-15(19)25/h2,4-5,8-10,16H,3,6-7H2,1H3,(H,29,33)(H,31,34)/t10-,16?/m0/s1. The van der Waals surface area contributed by atoms with Gasteiger partial charge in [0, 0.05) is 11.4 Å². The normalized spacial score (nSPS) is 16.5. The van der Waals surface area contributed by atoms with Crippen LogP contribution in [0.3, 0.4) is 0 Å². The highest BCUT2D eigenvalue weighted by atomic mass is 35.5. The lowest BCUT2D eigenvalue weighted by atomic mass is 9.95. The minimum Gasteiger partial charge on any atom is -0.480 e. The van der Waals surface area contributed by atoms with Crippen LogP contribution in [0.2, 0.25) is 5.02 Å². The van der Waals surface area contributed by atoms with Gasteiger partial charge >= 0.3 is 11.9 Å². The van der Waals surface area contributed by atoms with Crippen LogP contribution in [0.5, 0.6) is 5.75 Å². The van der Waals surface area contributed by atoms with E-state index in [1.54, 1.807) is 0 Å². The number of para-hydroxylation sites is 1. The third kappa shape index (κ3) is 4.88. The van der Waals surface area contributed by atoms with E-state index < -0.39 is 58.6 Å². The summed E-state index contributed by atoms with van der Waals surface area (Å²) in [5.74, 6) is -3.38. The molecule has 7 nitrogen and oxygen atoms in total. The van der Waals surface area contributed by atoms with E-state index in [4.69, 9.17) is 16.3 Å². The zero-order valence-corrected chi connectivity index (χ0v) is 18.8. The third-order valence-electron chi connectivity index (χ3n) is 5.64. The van der Waals surface area contributed by atoms with E-state index in [0.717, 1.165) is 37.3 Å². The van der Waals surface area contributed by atoms with Crippen LogP contribution in [0, 0.1) is 11.6 Å². The van der Waals surface area contributed by atoms with E-state index in [9.17, 15) is 31.5 Å². The van der Waals surface area contributed by atoms with Crippen molar-refractivity contribution in [2.24, 2.45) is 0 Å². The van der Waals surface area contributed by atoms with Gasteiger partial charge in [-0.25, -0.2) is 18.7 Å². The Bertz CT molecular complexity index is 1320. The Morgan fingerprint density at radius 1 is 1.29 bits per heavy atom. The first-order valence-corrected chi connectivity index (χ1v) is 10.8. The van der Waals surface area contributed by atoms with E-state index in [1.165, 1.54) is 4.57 Å². The molecule has 1 aromatic heterocycles. The lowest BCUT2D eigenvalue weighted by molar-refractivity contribution is -0.189. The number of fused-ring (bicyclic) bond motifs is 1. The molecule has 1 aliphatic heterocycles. The Hall–Kier alpha value is -3.41. The Kier molecular flexibility index (Phi) is 6.58. The average Bonchev–Trinajstić information content (AvgIpc) is 3.17. The van der Waals surface area contributed by atoms with Crippen LogP contribution in [0.1, 0.15) is 47.6 Å². The van der Waals surface area contributed by atoms with Crippen molar-refractivity contribution in [1.29, 1.82) is 0 Å². The number of rotatable bonds is 5. The molecule has 1 amide bonds. The van der Waals surface area contributed by atoms with Gasteiger partial charge in [-0.15, -0.1) is 0 Å². The topological polar surface area (TPSA) is 89.0 Å². The molecule has 0 spiro atoms. The molecule has 3 aromatic rings. The van der Waals surface area contributed by atoms with Crippen molar-refractivity contribution in [3.8, 4) is 5.75 Å². The van der Waals surface area contributed by atoms with Crippen LogP contribution < -0.4 is 15.7 Å². The number of anilines is 1. The van der Waals surface area contributed by atoms with Crippen molar-refractivity contribution >= 4 is 23.2 Å². The Morgan fingerprint density at radius 3 is 2.63 bits per heavy atom. The van der Waals surface area contributed by atoms with Crippen LogP contribution >= 0.6 is 11.6 Å². The van der Waals surface area contributed by atoms with E-state index in [0.29, 0.717) is 25.1 Å². The predicted octanol–water partition coefficient (Wildman–Crippen LogP) is 5.01. The molecule has 35 heavy (non-hydrogen) atoms. The first-order valence-electron chi connectivity index (χ1n) is 10.4. The molecule has 0 aliphatic carbocycles. The van der Waals surface area contributed by atoms with Gasteiger partial charge in [-0.05, 0) is 49.6 Å². The molecule has 0 saturated carbocycles. The SMILES string of the molecule is C[C@H](Oc1cc(C2CCCc3n[nH]c(=O)n32)c(Cl)cc1C(=O)Nc1c(F)cccc1F)C(F)(F)F. The molecule has 0 saturated heterocycles. The minimum absolute atomic E-state index is 0.0536. The number of nitrogens with zero attached hydrogens (tertiary/aromatic N) is 2. The Morgan fingerprint density at radius 2 is 1.97 bits per heavy atom. The van der Waals surface area contributed by atoms with E-state index in [2.05, 4.69) is 10.2 Å². The second kappa shape index (κ2) is 9.33. The summed E-state index contributed by atoms with van der Waals surface area (Å²) in [5, 5.41) is 8.23. The number of carbonyl (C=O) groups is 1. The maximum absolute atomic E-state index is 14.0. The summed E-state index contributed by atoms with van der Waals surface area (Å²) in [5.41, 5.74) is -1.56. The van der Waals surface area contributed by atoms with Crippen molar-refractivity contribution in [2.75, 3.05) is 5.32 Å². The molecule has 2 heterocycles. The van der Waals surface area contributed by atoms with Gasteiger partial charge in [0.1, 0.15) is 28.9 Å². The molecule has 2 aromatic carbocycles. The van der Waals surface area contributed by atoms with Crippen molar-refractivity contribution in [3.05, 3.63) is 74.4 Å². The van der Waals surface area contributed by atoms with Gasteiger partial charge < -0.3 is 10.1 Å². The van der Waals surface area contributed by atoms with Gasteiger partial charge in [0.05, 0.1) is 11.6 Å². The number of ether oxygens (including phenoxy) is 1. The number of halogens is 6. The number of benzene rings is 2. The van der Waals surface area contributed by atoms with Crippen molar-refractivity contribution in [1.82, 2.24) is 14.8 Å². The molecule has 1 unspecified atom stereocenters. The summed E-state index contributed by atoms with van der Waals surface area (Å²) in [6.45, 7) is 0.742. The van der Waals surface area contributed by atoms with E-state index >= 15 is 0 Å². The van der Waals surface area contributed by atoms with Gasteiger partial charge in [-0.1, -0.05) is 17.7 Å². The Labute approximate surface area is 199 Å². The number of H-pyrrole nitrogens is 1. The lowest BCUT2D eigenvalue weighted by Crippen LogP contribution is -2.32. The van der Waals surface area contributed by atoms with Gasteiger partial charge in [-0.2, -0.15) is 18.3 Å². The van der Waals surface area contributed by atoms with Crippen LogP contribution in [0.25, 0.3) is 0 Å². The zero-order chi connectivity index (χ0) is 25.5. The van der Waals surface area contributed by atoms with Crippen LogP contribution in [0.15, 0.2) is 35.1 Å². The first-order chi connectivity index (χ1) is 16.5. The highest BCUT2D eigenvalue weighted by molar-refractivity contribution is 6.32. The maximum atomic E-state index is 14.0. The summed E-state index contributed by atoms with van der Waals surface area (Å²) >= 11 is 6.40. The second-order valence-corrected chi connectivity index (χ2v) is 8.35. The number of hydrogen-bond donors (Lipinski definition) is 2. The average molecular weight is 517 g/mol. The van der Waals surface area contributed by atoms with Gasteiger partial charge in [0.15, 0.2) is 6.10 Å². The molecule has 2 N–H and O–H groups in total. The van der Waals surface area contributed by atoms with Crippen molar-refractivity contribution < 1.29 is 31.5 Å². The molecule has 0 radical (unpaired) electrons. The van der Waals surface area contributed by atoms with Gasteiger partial charge in [0.2, 0.25) is 0 Å². The van der Waals surface area contributed by atoms with Crippen LogP contribution in [-0.4, -0.2) is 33.0 Å². The molecule has 0 fully saturated rings. The largest absolute Gasteiger partial charge is 0.480 e. The predicted molar refractivity (Wildman–Crippen MR) is 116 cm³/mol. The summed E-state index contributed by atoms with van der Waals surface area (Å²) in [6.07, 6.45) is -5.55. The molecular formula is C22H18ClF5N4O3. The first kappa shape index (κ1) is 24.7. The molecule has 13 heteroatoms. The summed E-state index contributed by atoms with van der Waals surface area (Å²) in [6, 6.07) is 4.39. The molecule has 0 bridgehead atoms. The summed E-state index contributed by atoms with van der Waals surface area (Å²) in [7, 11) is 0. The smallest absolute Gasteiger partial charge is 0.425 e. The highest BCUT2D eigenvalue weighted by Gasteiger charge is 2.39. The fraction of sp³-hybridized carbons (Fsp3) is 0.318. The van der Waals surface area contributed by atoms with Crippen LogP contribution in [-0.2, 0) is 6.42 Å². The van der Waals surface area contributed by atoms with Gasteiger partial charge in [-0.3, -0.25) is 9.36 Å². The summed E-state index contributed by atoms with van der Waals surface area (Å²) < 4.78 is 74.2. The number of hydrogen-bond acceptors (Lipinski definition) is 4. The molecule has 186 valence electrons. The second-order valence-electron chi connectivity index (χ2n) is 7.95. The van der Waals surface area contributed by atoms with Gasteiger partial charge in [0.25, 0.3) is 5.91 Å². The van der Waals surface area contributed by atoms with Crippen molar-refractivity contribution in [3.63, 3.8) is 0 Å². The van der Waals surface area contributed by atoms with Crippen molar-refractivity contribution in [2.45, 2.75) is 44.5 Å². The maximum Gasteiger partial charge on any atom is 0.425 e. The molecular weight excluding hydrogens is 499 g/mol. The number of aromatic nitrogens is 3. The lowest BCUT2D eigenvalue weighted by Gasteiger charge is -2.26. The molecule has 1 aliphatic rings. The molecule has 2 atom stereocenters. The minimum atomic E-state index is -4.77. The number of aryl methyl sites for hydroxylation is 1.